The number of hydrogen-bond acceptors (Lipinski definition) is 2. The Morgan fingerprint density at radius 3 is 1.60 bits per heavy atom. The third kappa shape index (κ3) is 4.58. The molecule has 0 radical (unpaired) electrons. The summed E-state index contributed by atoms with van der Waals surface area (Å²) in [5, 5.41) is 0. The van der Waals surface area contributed by atoms with E-state index in [0.717, 1.165) is 47.3 Å². The van der Waals surface area contributed by atoms with E-state index in [-0.39, 0.29) is 5.97 Å². The van der Waals surface area contributed by atoms with Crippen molar-refractivity contribution in [2.24, 2.45) is 53.3 Å². The lowest BCUT2D eigenvalue weighted by Crippen LogP contribution is -2.29. The molecule has 11 unspecified atom stereocenters. The summed E-state index contributed by atoms with van der Waals surface area (Å²) in [4.78, 5) is 10.7. The SMILES string of the molecule is CC(=O)OCC1CC2CC1C(C)C2C.CC1C(C)C2CC1C(c1ccccc1)C2c1ccccc1. The van der Waals surface area contributed by atoms with Crippen molar-refractivity contribution in [2.45, 2.75) is 65.7 Å². The normalized spacial score (nSPS) is 40.9. The lowest BCUT2D eigenvalue weighted by molar-refractivity contribution is -0.143. The summed E-state index contributed by atoms with van der Waals surface area (Å²) in [6.07, 6.45) is 4.07. The summed E-state index contributed by atoms with van der Waals surface area (Å²) in [5.41, 5.74) is 3.11. The number of rotatable bonds is 4. The molecule has 2 nitrogen and oxygen atoms in total. The summed E-state index contributed by atoms with van der Waals surface area (Å²) in [7, 11) is 0. The van der Waals surface area contributed by atoms with Gasteiger partial charge in [0, 0.05) is 6.92 Å². The maximum Gasteiger partial charge on any atom is 0.302 e. The summed E-state index contributed by atoms with van der Waals surface area (Å²) < 4.78 is 5.12. The molecule has 4 aliphatic carbocycles. The fourth-order valence-corrected chi connectivity index (χ4v) is 8.77. The predicted molar refractivity (Wildman–Crippen MR) is 143 cm³/mol. The number of benzene rings is 2. The zero-order valence-electron chi connectivity index (χ0n) is 22.3. The van der Waals surface area contributed by atoms with Crippen LogP contribution in [0.25, 0.3) is 0 Å². The standard InChI is InChI=1S/C21H24.C12H20O2/c1-14-15(2)19-13-18(14)20(16-9-5-3-6-10-16)21(19)17-11-7-4-8-12-17;1-7-8(2)12-5-10(7)4-11(12)6-14-9(3)13/h3-12,14-15,18-21H,13H2,1-2H3;7-8,10-12H,4-6H2,1-3H3. The van der Waals surface area contributed by atoms with Crippen molar-refractivity contribution in [1.82, 2.24) is 0 Å². The van der Waals surface area contributed by atoms with E-state index in [2.05, 4.69) is 88.4 Å². The molecule has 0 amide bonds. The first-order valence-corrected chi connectivity index (χ1v) is 14.1. The number of esters is 1. The monoisotopic (exact) mass is 472 g/mol. The largest absolute Gasteiger partial charge is 0.466 e. The van der Waals surface area contributed by atoms with Gasteiger partial charge < -0.3 is 4.74 Å². The van der Waals surface area contributed by atoms with Gasteiger partial charge in [-0.15, -0.1) is 0 Å². The van der Waals surface area contributed by atoms with Crippen LogP contribution in [0.2, 0.25) is 0 Å². The minimum absolute atomic E-state index is 0.131. The molecule has 35 heavy (non-hydrogen) atoms. The maximum absolute atomic E-state index is 10.7. The van der Waals surface area contributed by atoms with E-state index in [1.54, 1.807) is 11.1 Å². The minimum Gasteiger partial charge on any atom is -0.466 e. The van der Waals surface area contributed by atoms with Crippen LogP contribution in [-0.2, 0) is 9.53 Å². The highest BCUT2D eigenvalue weighted by atomic mass is 16.5. The van der Waals surface area contributed by atoms with Crippen LogP contribution in [0.4, 0.5) is 0 Å². The third-order valence-corrected chi connectivity index (χ3v) is 10.9. The molecule has 4 bridgehead atoms. The van der Waals surface area contributed by atoms with Gasteiger partial charge in [-0.25, -0.2) is 0 Å². The van der Waals surface area contributed by atoms with E-state index < -0.39 is 0 Å². The average Bonchev–Trinajstić information content (AvgIpc) is 3.61. The molecule has 2 heteroatoms. The molecule has 0 aromatic heterocycles. The van der Waals surface area contributed by atoms with Crippen LogP contribution in [0.5, 0.6) is 0 Å². The van der Waals surface area contributed by atoms with E-state index in [0.29, 0.717) is 24.4 Å². The zero-order chi connectivity index (χ0) is 24.7. The first-order chi connectivity index (χ1) is 16.9. The first kappa shape index (κ1) is 24.6. The Hall–Kier alpha value is -2.09. The molecule has 188 valence electrons. The highest BCUT2D eigenvalue weighted by Crippen LogP contribution is 2.64. The summed E-state index contributed by atoms with van der Waals surface area (Å²) in [5.74, 6) is 8.81. The lowest BCUT2D eigenvalue weighted by atomic mass is 9.65. The number of fused-ring (bicyclic) bond motifs is 4. The molecule has 4 aliphatic rings. The van der Waals surface area contributed by atoms with Gasteiger partial charge in [-0.2, -0.15) is 0 Å². The lowest BCUT2D eigenvalue weighted by Gasteiger charge is -2.39. The highest BCUT2D eigenvalue weighted by Gasteiger charge is 2.55. The molecule has 2 aromatic rings. The van der Waals surface area contributed by atoms with Gasteiger partial charge in [0.05, 0.1) is 6.61 Å². The van der Waals surface area contributed by atoms with Crippen molar-refractivity contribution in [1.29, 1.82) is 0 Å². The second kappa shape index (κ2) is 10.1. The number of hydrogen-bond donors (Lipinski definition) is 0. The Labute approximate surface area is 212 Å². The van der Waals surface area contributed by atoms with Gasteiger partial charge in [0.2, 0.25) is 0 Å². The van der Waals surface area contributed by atoms with E-state index in [1.807, 2.05) is 0 Å². The molecular formula is C33H44O2. The Kier molecular flexibility index (Phi) is 7.11. The van der Waals surface area contributed by atoms with Crippen molar-refractivity contribution in [3.63, 3.8) is 0 Å². The van der Waals surface area contributed by atoms with Crippen LogP contribution < -0.4 is 0 Å². The molecule has 4 saturated carbocycles. The van der Waals surface area contributed by atoms with Crippen molar-refractivity contribution in [3.05, 3.63) is 71.8 Å². The van der Waals surface area contributed by atoms with E-state index in [4.69, 9.17) is 4.74 Å². The Morgan fingerprint density at radius 1 is 0.686 bits per heavy atom. The van der Waals surface area contributed by atoms with Crippen LogP contribution in [0, 0.1) is 53.3 Å². The van der Waals surface area contributed by atoms with Crippen LogP contribution in [0.1, 0.15) is 76.8 Å². The van der Waals surface area contributed by atoms with Crippen molar-refractivity contribution < 1.29 is 9.53 Å². The average molecular weight is 473 g/mol. The smallest absolute Gasteiger partial charge is 0.302 e. The second-order valence-corrected chi connectivity index (χ2v) is 12.3. The molecule has 2 aromatic carbocycles. The van der Waals surface area contributed by atoms with Gasteiger partial charge in [-0.3, -0.25) is 4.79 Å². The predicted octanol–water partition coefficient (Wildman–Crippen LogP) is 7.95. The van der Waals surface area contributed by atoms with Gasteiger partial charge in [-0.05, 0) is 95.5 Å². The van der Waals surface area contributed by atoms with Gasteiger partial charge >= 0.3 is 5.97 Å². The quantitative estimate of drug-likeness (QED) is 0.422. The van der Waals surface area contributed by atoms with Gasteiger partial charge in [0.1, 0.15) is 0 Å². The Balaban J connectivity index is 0.000000158. The van der Waals surface area contributed by atoms with Gasteiger partial charge in [0.25, 0.3) is 0 Å². The highest BCUT2D eigenvalue weighted by molar-refractivity contribution is 5.65. The van der Waals surface area contributed by atoms with E-state index in [9.17, 15) is 4.79 Å². The van der Waals surface area contributed by atoms with E-state index in [1.165, 1.54) is 26.2 Å². The summed E-state index contributed by atoms with van der Waals surface area (Å²) >= 11 is 0. The Bertz CT molecular complexity index is 927. The van der Waals surface area contributed by atoms with Crippen molar-refractivity contribution >= 4 is 5.97 Å². The molecule has 0 heterocycles. The second-order valence-electron chi connectivity index (χ2n) is 12.3. The molecule has 4 fully saturated rings. The first-order valence-electron chi connectivity index (χ1n) is 14.1. The number of carbonyl (C=O) groups is 1. The molecule has 0 saturated heterocycles. The summed E-state index contributed by atoms with van der Waals surface area (Å²) in [6.45, 7) is 11.8. The molecule has 11 atom stereocenters. The Morgan fingerprint density at radius 2 is 1.17 bits per heavy atom. The van der Waals surface area contributed by atoms with E-state index >= 15 is 0 Å². The molecule has 0 N–H and O–H groups in total. The third-order valence-electron chi connectivity index (χ3n) is 10.9. The van der Waals surface area contributed by atoms with Crippen LogP contribution in [0.15, 0.2) is 60.7 Å². The summed E-state index contributed by atoms with van der Waals surface area (Å²) in [6, 6.07) is 22.5. The minimum atomic E-state index is -0.131. The fourth-order valence-electron chi connectivity index (χ4n) is 8.77. The molecule has 0 spiro atoms. The number of carbonyl (C=O) groups excluding carboxylic acids is 1. The maximum atomic E-state index is 10.7. The van der Waals surface area contributed by atoms with Crippen LogP contribution in [0.3, 0.4) is 0 Å². The molecular weight excluding hydrogens is 428 g/mol. The van der Waals surface area contributed by atoms with Crippen LogP contribution in [-0.4, -0.2) is 12.6 Å². The van der Waals surface area contributed by atoms with Crippen LogP contribution >= 0.6 is 0 Å². The number of ether oxygens (including phenoxy) is 1. The topological polar surface area (TPSA) is 26.3 Å². The van der Waals surface area contributed by atoms with Gasteiger partial charge in [0.15, 0.2) is 0 Å². The van der Waals surface area contributed by atoms with Crippen molar-refractivity contribution in [2.75, 3.05) is 6.61 Å². The van der Waals surface area contributed by atoms with Gasteiger partial charge in [-0.1, -0.05) is 88.4 Å². The molecule has 6 rings (SSSR count). The molecule has 0 aliphatic heterocycles. The fraction of sp³-hybridized carbons (Fsp3) is 0.606. The zero-order valence-corrected chi connectivity index (χ0v) is 22.3. The van der Waals surface area contributed by atoms with Crippen molar-refractivity contribution in [3.8, 4) is 0 Å².